The van der Waals surface area contributed by atoms with Crippen LogP contribution in [0.4, 0.5) is 5.69 Å². The number of para-hydroxylation sites is 1. The Morgan fingerprint density at radius 3 is 2.33 bits per heavy atom. The molecule has 0 bridgehead atoms. The van der Waals surface area contributed by atoms with Crippen LogP contribution < -0.4 is 5.32 Å². The first kappa shape index (κ1) is 18.3. The van der Waals surface area contributed by atoms with Crippen LogP contribution in [-0.2, 0) is 9.53 Å². The minimum Gasteiger partial charge on any atom is -0.449 e. The number of rotatable bonds is 4. The number of hydrogen-bond donors (Lipinski definition) is 1. The number of esters is 1. The number of hydrogen-bond acceptors (Lipinski definition) is 3. The van der Waals surface area contributed by atoms with Crippen molar-refractivity contribution < 1.29 is 14.3 Å². The van der Waals surface area contributed by atoms with Crippen molar-refractivity contribution in [3.8, 4) is 0 Å². The van der Waals surface area contributed by atoms with Crippen molar-refractivity contribution in [1.29, 1.82) is 0 Å². The normalized spacial score (nSPS) is 11.7. The molecular weight excluding hydrogens is 349 g/mol. The predicted octanol–water partition coefficient (Wildman–Crippen LogP) is 4.79. The summed E-state index contributed by atoms with van der Waals surface area (Å²) in [7, 11) is 0. The largest absolute Gasteiger partial charge is 0.449 e. The van der Waals surface area contributed by atoms with Gasteiger partial charge < -0.3 is 10.1 Å². The molecule has 0 fully saturated rings. The van der Waals surface area contributed by atoms with Crippen molar-refractivity contribution >= 4 is 40.8 Å². The third kappa shape index (κ3) is 4.28. The first-order valence-corrected chi connectivity index (χ1v) is 8.08. The number of nitrogens with one attached hydrogen (secondary N) is 1. The van der Waals surface area contributed by atoms with E-state index in [4.69, 9.17) is 27.9 Å². The van der Waals surface area contributed by atoms with Gasteiger partial charge in [-0.25, -0.2) is 4.79 Å². The van der Waals surface area contributed by atoms with Crippen LogP contribution in [-0.4, -0.2) is 18.0 Å². The molecule has 1 unspecified atom stereocenters. The van der Waals surface area contributed by atoms with E-state index >= 15 is 0 Å². The van der Waals surface area contributed by atoms with Gasteiger partial charge in [-0.2, -0.15) is 0 Å². The molecule has 2 aromatic carbocycles. The standard InChI is InChI=1S/C18H17Cl2NO3/c1-10-5-4-6-11(2)16(10)21-17(22)12(3)24-18(23)14-9-13(19)7-8-15(14)20/h4-9,12H,1-3H3,(H,21,22). The van der Waals surface area contributed by atoms with Crippen LogP contribution >= 0.6 is 23.2 Å². The fourth-order valence-corrected chi connectivity index (χ4v) is 2.53. The molecule has 0 saturated heterocycles. The van der Waals surface area contributed by atoms with Gasteiger partial charge in [0.05, 0.1) is 10.6 Å². The summed E-state index contributed by atoms with van der Waals surface area (Å²) >= 11 is 11.8. The Balaban J connectivity index is 2.09. The molecule has 24 heavy (non-hydrogen) atoms. The van der Waals surface area contributed by atoms with E-state index in [0.717, 1.165) is 11.1 Å². The molecule has 4 nitrogen and oxygen atoms in total. The number of amides is 1. The van der Waals surface area contributed by atoms with Gasteiger partial charge >= 0.3 is 5.97 Å². The molecule has 0 aliphatic carbocycles. The Kier molecular flexibility index (Phi) is 5.86. The summed E-state index contributed by atoms with van der Waals surface area (Å²) in [4.78, 5) is 24.5. The summed E-state index contributed by atoms with van der Waals surface area (Å²) in [5, 5.41) is 3.36. The van der Waals surface area contributed by atoms with Crippen molar-refractivity contribution in [2.75, 3.05) is 5.32 Å². The summed E-state index contributed by atoms with van der Waals surface area (Å²) in [6.07, 6.45) is -0.980. The molecule has 0 spiro atoms. The summed E-state index contributed by atoms with van der Waals surface area (Å²) in [5.41, 5.74) is 2.70. The number of carbonyl (C=O) groups is 2. The first-order chi connectivity index (χ1) is 11.3. The molecule has 1 N–H and O–H groups in total. The van der Waals surface area contributed by atoms with Crippen LogP contribution in [0.25, 0.3) is 0 Å². The van der Waals surface area contributed by atoms with E-state index in [9.17, 15) is 9.59 Å². The van der Waals surface area contributed by atoms with E-state index in [0.29, 0.717) is 10.7 Å². The van der Waals surface area contributed by atoms with Gasteiger partial charge in [0.25, 0.3) is 5.91 Å². The maximum absolute atomic E-state index is 12.3. The van der Waals surface area contributed by atoms with E-state index in [-0.39, 0.29) is 10.6 Å². The monoisotopic (exact) mass is 365 g/mol. The van der Waals surface area contributed by atoms with Crippen LogP contribution in [0.2, 0.25) is 10.0 Å². The Morgan fingerprint density at radius 1 is 1.08 bits per heavy atom. The number of benzene rings is 2. The number of carbonyl (C=O) groups excluding carboxylic acids is 2. The fraction of sp³-hybridized carbons (Fsp3) is 0.222. The zero-order valence-electron chi connectivity index (χ0n) is 13.5. The second-order valence-corrected chi connectivity index (χ2v) is 6.27. The Bertz CT molecular complexity index is 770. The number of ether oxygens (including phenoxy) is 1. The highest BCUT2D eigenvalue weighted by atomic mass is 35.5. The molecule has 0 aliphatic rings. The minimum atomic E-state index is -0.980. The SMILES string of the molecule is Cc1cccc(C)c1NC(=O)C(C)OC(=O)c1cc(Cl)ccc1Cl. The maximum Gasteiger partial charge on any atom is 0.340 e. The third-order valence-corrected chi connectivity index (χ3v) is 4.10. The molecule has 6 heteroatoms. The summed E-state index contributed by atoms with van der Waals surface area (Å²) < 4.78 is 5.19. The van der Waals surface area contributed by atoms with Crippen LogP contribution in [0.3, 0.4) is 0 Å². The van der Waals surface area contributed by atoms with Crippen molar-refractivity contribution in [3.63, 3.8) is 0 Å². The highest BCUT2D eigenvalue weighted by molar-refractivity contribution is 6.35. The molecule has 2 aromatic rings. The van der Waals surface area contributed by atoms with Crippen LogP contribution in [0, 0.1) is 13.8 Å². The topological polar surface area (TPSA) is 55.4 Å². The maximum atomic E-state index is 12.3. The number of halogens is 2. The Hall–Kier alpha value is -2.04. The lowest BCUT2D eigenvalue weighted by Crippen LogP contribution is -2.30. The number of aryl methyl sites for hydroxylation is 2. The van der Waals surface area contributed by atoms with E-state index in [2.05, 4.69) is 5.32 Å². The van der Waals surface area contributed by atoms with Gasteiger partial charge in [0.2, 0.25) is 0 Å². The molecule has 2 rings (SSSR count). The van der Waals surface area contributed by atoms with Gasteiger partial charge in [-0.3, -0.25) is 4.79 Å². The number of anilines is 1. The van der Waals surface area contributed by atoms with Gasteiger partial charge in [0, 0.05) is 10.7 Å². The summed E-state index contributed by atoms with van der Waals surface area (Å²) in [6.45, 7) is 5.29. The lowest BCUT2D eigenvalue weighted by Gasteiger charge is -2.16. The van der Waals surface area contributed by atoms with Crippen molar-refractivity contribution in [3.05, 3.63) is 63.1 Å². The zero-order valence-corrected chi connectivity index (χ0v) is 15.0. The molecule has 126 valence electrons. The summed E-state index contributed by atoms with van der Waals surface area (Å²) in [5.74, 6) is -1.12. The van der Waals surface area contributed by atoms with Crippen molar-refractivity contribution in [2.45, 2.75) is 26.9 Å². The van der Waals surface area contributed by atoms with Gasteiger partial charge in [-0.1, -0.05) is 41.4 Å². The highest BCUT2D eigenvalue weighted by Gasteiger charge is 2.21. The second kappa shape index (κ2) is 7.69. The van der Waals surface area contributed by atoms with Gasteiger partial charge in [0.15, 0.2) is 6.10 Å². The zero-order chi connectivity index (χ0) is 17.9. The molecule has 0 heterocycles. The first-order valence-electron chi connectivity index (χ1n) is 7.32. The van der Waals surface area contributed by atoms with Gasteiger partial charge in [-0.15, -0.1) is 0 Å². The molecule has 1 amide bonds. The Morgan fingerprint density at radius 2 is 1.71 bits per heavy atom. The van der Waals surface area contributed by atoms with E-state index in [1.54, 1.807) is 6.07 Å². The molecular formula is C18H17Cl2NO3. The lowest BCUT2D eigenvalue weighted by molar-refractivity contribution is -0.123. The molecule has 0 aromatic heterocycles. The summed E-state index contributed by atoms with van der Waals surface area (Å²) in [6, 6.07) is 10.2. The smallest absolute Gasteiger partial charge is 0.340 e. The van der Waals surface area contributed by atoms with E-state index in [1.165, 1.54) is 19.1 Å². The average molecular weight is 366 g/mol. The second-order valence-electron chi connectivity index (χ2n) is 5.43. The van der Waals surface area contributed by atoms with Gasteiger partial charge in [-0.05, 0) is 50.1 Å². The molecule has 0 saturated carbocycles. The van der Waals surface area contributed by atoms with E-state index in [1.807, 2.05) is 32.0 Å². The quantitative estimate of drug-likeness (QED) is 0.792. The highest BCUT2D eigenvalue weighted by Crippen LogP contribution is 2.23. The fourth-order valence-electron chi connectivity index (χ4n) is 2.17. The van der Waals surface area contributed by atoms with Crippen molar-refractivity contribution in [2.24, 2.45) is 0 Å². The minimum absolute atomic E-state index is 0.121. The predicted molar refractivity (Wildman–Crippen MR) is 95.9 cm³/mol. The molecule has 0 radical (unpaired) electrons. The van der Waals surface area contributed by atoms with Crippen LogP contribution in [0.15, 0.2) is 36.4 Å². The average Bonchev–Trinajstić information content (AvgIpc) is 2.53. The molecule has 1 atom stereocenters. The Labute approximate surface area is 150 Å². The van der Waals surface area contributed by atoms with Gasteiger partial charge in [0.1, 0.15) is 0 Å². The third-order valence-electron chi connectivity index (χ3n) is 3.53. The van der Waals surface area contributed by atoms with Crippen LogP contribution in [0.5, 0.6) is 0 Å². The lowest BCUT2D eigenvalue weighted by atomic mass is 10.1. The van der Waals surface area contributed by atoms with E-state index < -0.39 is 18.0 Å². The van der Waals surface area contributed by atoms with Crippen LogP contribution in [0.1, 0.15) is 28.4 Å². The van der Waals surface area contributed by atoms with Crippen molar-refractivity contribution in [1.82, 2.24) is 0 Å². The molecule has 0 aliphatic heterocycles.